The molecule has 1 aliphatic heterocycles. The van der Waals surface area contributed by atoms with Gasteiger partial charge in [-0.15, -0.1) is 0 Å². The third-order valence-electron chi connectivity index (χ3n) is 6.18. The normalized spacial score (nSPS) is 31.6. The van der Waals surface area contributed by atoms with Crippen LogP contribution in [0.3, 0.4) is 0 Å². The van der Waals surface area contributed by atoms with E-state index in [-0.39, 0.29) is 11.6 Å². The van der Waals surface area contributed by atoms with Crippen molar-refractivity contribution in [3.63, 3.8) is 0 Å². The maximum atomic E-state index is 11.4. The molecule has 1 amide bonds. The zero-order valence-corrected chi connectivity index (χ0v) is 14.1. The molecule has 1 N–H and O–H groups in total. The number of fused-ring (bicyclic) bond motifs is 1. The fraction of sp³-hybridized carbons (Fsp3) is 0.600. The molecule has 1 unspecified atom stereocenters. The molecule has 0 bridgehead atoms. The molecule has 3 aliphatic rings. The van der Waals surface area contributed by atoms with Gasteiger partial charge in [0, 0.05) is 6.42 Å². The van der Waals surface area contributed by atoms with Crippen LogP contribution in [-0.2, 0) is 22.4 Å². The van der Waals surface area contributed by atoms with Crippen molar-refractivity contribution in [2.45, 2.75) is 62.8 Å². The average Bonchev–Trinajstić information content (AvgIpc) is 3.18. The SMILES string of the molecule is O=CCC[C@@H]1CCc2cc([C@H]3CCC4(COC(=O)N4)C3)ccc2C1. The van der Waals surface area contributed by atoms with E-state index in [0.29, 0.717) is 24.9 Å². The second kappa shape index (κ2) is 6.23. The Morgan fingerprint density at radius 3 is 3.00 bits per heavy atom. The maximum Gasteiger partial charge on any atom is 0.407 e. The molecule has 1 aromatic rings. The standard InChI is InChI=1S/C20H25NO3/c22-9-1-2-14-3-4-16-11-17(6-5-15(16)10-14)18-7-8-20(12-18)13-24-19(23)21-20/h5-6,9,11,14,18H,1-4,7-8,10,12-13H2,(H,21,23)/t14-,18+,20?/m1/s1. The molecule has 3 atom stereocenters. The lowest BCUT2D eigenvalue weighted by Gasteiger charge is -2.26. The Morgan fingerprint density at radius 1 is 1.29 bits per heavy atom. The van der Waals surface area contributed by atoms with Gasteiger partial charge < -0.3 is 14.8 Å². The number of cyclic esters (lactones) is 1. The van der Waals surface area contributed by atoms with Gasteiger partial charge in [-0.3, -0.25) is 0 Å². The molecule has 128 valence electrons. The molecule has 4 nitrogen and oxygen atoms in total. The molecule has 2 aliphatic carbocycles. The first-order valence-electron chi connectivity index (χ1n) is 9.18. The van der Waals surface area contributed by atoms with Gasteiger partial charge in [-0.05, 0) is 73.5 Å². The molecular formula is C20H25NO3. The number of aldehydes is 1. The Kier molecular flexibility index (Phi) is 4.07. The van der Waals surface area contributed by atoms with Crippen LogP contribution in [0.25, 0.3) is 0 Å². The van der Waals surface area contributed by atoms with Gasteiger partial charge >= 0.3 is 6.09 Å². The van der Waals surface area contributed by atoms with Crippen LogP contribution in [0.15, 0.2) is 18.2 Å². The topological polar surface area (TPSA) is 55.4 Å². The summed E-state index contributed by atoms with van der Waals surface area (Å²) in [6, 6.07) is 6.97. The van der Waals surface area contributed by atoms with E-state index in [1.807, 2.05) is 0 Å². The summed E-state index contributed by atoms with van der Waals surface area (Å²) in [7, 11) is 0. The number of benzene rings is 1. The Hall–Kier alpha value is -1.84. The molecule has 24 heavy (non-hydrogen) atoms. The van der Waals surface area contributed by atoms with E-state index in [4.69, 9.17) is 4.74 Å². The summed E-state index contributed by atoms with van der Waals surface area (Å²) in [5, 5.41) is 3.03. The highest BCUT2D eigenvalue weighted by atomic mass is 16.6. The third-order valence-corrected chi connectivity index (χ3v) is 6.18. The maximum absolute atomic E-state index is 11.4. The molecule has 1 aromatic carbocycles. The van der Waals surface area contributed by atoms with Gasteiger partial charge in [0.15, 0.2) is 0 Å². The van der Waals surface area contributed by atoms with Gasteiger partial charge in [-0.25, -0.2) is 4.79 Å². The Morgan fingerprint density at radius 2 is 2.21 bits per heavy atom. The van der Waals surface area contributed by atoms with E-state index in [0.717, 1.165) is 44.8 Å². The Labute approximate surface area is 143 Å². The van der Waals surface area contributed by atoms with Crippen LogP contribution in [0.5, 0.6) is 0 Å². The van der Waals surface area contributed by atoms with Crippen LogP contribution >= 0.6 is 0 Å². The van der Waals surface area contributed by atoms with Crippen molar-refractivity contribution >= 4 is 12.4 Å². The zero-order valence-electron chi connectivity index (χ0n) is 14.1. The van der Waals surface area contributed by atoms with Crippen molar-refractivity contribution in [3.05, 3.63) is 34.9 Å². The molecule has 2 fully saturated rings. The smallest absolute Gasteiger partial charge is 0.407 e. The van der Waals surface area contributed by atoms with E-state index in [1.165, 1.54) is 23.1 Å². The fourth-order valence-corrected chi connectivity index (χ4v) is 4.80. The monoisotopic (exact) mass is 327 g/mol. The van der Waals surface area contributed by atoms with Gasteiger partial charge in [0.25, 0.3) is 0 Å². The van der Waals surface area contributed by atoms with Crippen LogP contribution in [0.4, 0.5) is 4.79 Å². The first kappa shape index (κ1) is 15.7. The third kappa shape index (κ3) is 2.94. The first-order chi connectivity index (χ1) is 11.7. The van der Waals surface area contributed by atoms with Crippen molar-refractivity contribution in [1.29, 1.82) is 0 Å². The van der Waals surface area contributed by atoms with Gasteiger partial charge in [0.2, 0.25) is 0 Å². The highest BCUT2D eigenvalue weighted by molar-refractivity contribution is 5.70. The summed E-state index contributed by atoms with van der Waals surface area (Å²) < 4.78 is 5.13. The number of ether oxygens (including phenoxy) is 1. The molecule has 1 saturated carbocycles. The molecule has 0 radical (unpaired) electrons. The van der Waals surface area contributed by atoms with Crippen LogP contribution < -0.4 is 5.32 Å². The lowest BCUT2D eigenvalue weighted by molar-refractivity contribution is -0.108. The predicted molar refractivity (Wildman–Crippen MR) is 91.1 cm³/mol. The van der Waals surface area contributed by atoms with E-state index in [1.54, 1.807) is 0 Å². The van der Waals surface area contributed by atoms with Gasteiger partial charge in [-0.1, -0.05) is 18.2 Å². The Bertz CT molecular complexity index is 656. The number of carbonyl (C=O) groups excluding carboxylic acids is 2. The minimum absolute atomic E-state index is 0.127. The van der Waals surface area contributed by atoms with Crippen molar-refractivity contribution < 1.29 is 14.3 Å². The van der Waals surface area contributed by atoms with Crippen molar-refractivity contribution in [2.75, 3.05) is 6.61 Å². The lowest BCUT2D eigenvalue weighted by atomic mass is 9.80. The minimum Gasteiger partial charge on any atom is -0.447 e. The average molecular weight is 327 g/mol. The van der Waals surface area contributed by atoms with Crippen LogP contribution in [0, 0.1) is 5.92 Å². The number of hydrogen-bond acceptors (Lipinski definition) is 3. The molecular weight excluding hydrogens is 302 g/mol. The number of carbonyl (C=O) groups is 2. The van der Waals surface area contributed by atoms with Crippen LogP contribution in [0.1, 0.15) is 61.1 Å². The number of aryl methyl sites for hydroxylation is 1. The van der Waals surface area contributed by atoms with Crippen LogP contribution in [0.2, 0.25) is 0 Å². The lowest BCUT2D eigenvalue weighted by Crippen LogP contribution is -2.40. The fourth-order valence-electron chi connectivity index (χ4n) is 4.80. The van der Waals surface area contributed by atoms with Gasteiger partial charge in [0.1, 0.15) is 12.9 Å². The number of alkyl carbamates (subject to hydrolysis) is 1. The summed E-state index contributed by atoms with van der Waals surface area (Å²) in [6.45, 7) is 0.520. The second-order valence-electron chi connectivity index (χ2n) is 7.80. The van der Waals surface area contributed by atoms with E-state index >= 15 is 0 Å². The van der Waals surface area contributed by atoms with E-state index in [2.05, 4.69) is 23.5 Å². The van der Waals surface area contributed by atoms with E-state index in [9.17, 15) is 9.59 Å². The highest BCUT2D eigenvalue weighted by Crippen LogP contribution is 2.43. The van der Waals surface area contributed by atoms with Gasteiger partial charge in [0.05, 0.1) is 5.54 Å². The first-order valence-corrected chi connectivity index (χ1v) is 9.18. The number of nitrogens with one attached hydrogen (secondary N) is 1. The van der Waals surface area contributed by atoms with Crippen molar-refractivity contribution in [3.8, 4) is 0 Å². The zero-order chi connectivity index (χ0) is 16.6. The summed E-state index contributed by atoms with van der Waals surface area (Å²) in [6.07, 6.45) is 9.04. The van der Waals surface area contributed by atoms with Crippen molar-refractivity contribution in [1.82, 2.24) is 5.32 Å². The predicted octanol–water partition coefficient (Wildman–Crippen LogP) is 3.52. The summed E-state index contributed by atoms with van der Waals surface area (Å²) in [5.74, 6) is 1.18. The number of rotatable bonds is 4. The summed E-state index contributed by atoms with van der Waals surface area (Å²) >= 11 is 0. The largest absolute Gasteiger partial charge is 0.447 e. The quantitative estimate of drug-likeness (QED) is 0.861. The Balaban J connectivity index is 1.45. The number of amides is 1. The summed E-state index contributed by atoms with van der Waals surface area (Å²) in [5.41, 5.74) is 4.24. The molecule has 1 saturated heterocycles. The molecule has 1 heterocycles. The molecule has 4 heteroatoms. The molecule has 0 aromatic heterocycles. The van der Waals surface area contributed by atoms with Crippen LogP contribution in [-0.4, -0.2) is 24.5 Å². The minimum atomic E-state index is -0.262. The highest BCUT2D eigenvalue weighted by Gasteiger charge is 2.46. The van der Waals surface area contributed by atoms with Crippen molar-refractivity contribution in [2.24, 2.45) is 5.92 Å². The van der Waals surface area contributed by atoms with Gasteiger partial charge in [-0.2, -0.15) is 0 Å². The second-order valence-corrected chi connectivity index (χ2v) is 7.80. The molecule has 1 spiro atoms. The molecule has 4 rings (SSSR count). The summed E-state index contributed by atoms with van der Waals surface area (Å²) in [4.78, 5) is 22.0. The van der Waals surface area contributed by atoms with E-state index < -0.39 is 0 Å². The number of hydrogen-bond donors (Lipinski definition) is 1.